The molecule has 2 aromatic carbocycles. The molecule has 0 saturated carbocycles. The van der Waals surface area contributed by atoms with E-state index in [-0.39, 0.29) is 6.04 Å². The standard InChI is InChI=1S/C18H21ClN2S/c1-4-16(14-8-5-12(2)6-9-14)20-18(22)21-17-11-15(19)10-7-13(17)3/h5-11,16H,4H2,1-3H3,(H2,20,21,22). The molecular weight excluding hydrogens is 312 g/mol. The summed E-state index contributed by atoms with van der Waals surface area (Å²) < 4.78 is 0. The topological polar surface area (TPSA) is 24.1 Å². The molecule has 0 aromatic heterocycles. The number of benzene rings is 2. The van der Waals surface area contributed by atoms with Crippen LogP contribution in [0.25, 0.3) is 0 Å². The highest BCUT2D eigenvalue weighted by atomic mass is 35.5. The lowest BCUT2D eigenvalue weighted by Gasteiger charge is -2.21. The minimum absolute atomic E-state index is 0.195. The third-order valence-electron chi connectivity index (χ3n) is 3.64. The normalized spacial score (nSPS) is 11.8. The van der Waals surface area contributed by atoms with E-state index in [0.717, 1.165) is 17.7 Å². The Morgan fingerprint density at radius 2 is 1.82 bits per heavy atom. The third-order valence-corrected chi connectivity index (χ3v) is 4.10. The Balaban J connectivity index is 2.06. The van der Waals surface area contributed by atoms with Gasteiger partial charge in [-0.05, 0) is 55.7 Å². The summed E-state index contributed by atoms with van der Waals surface area (Å²) in [5.74, 6) is 0. The summed E-state index contributed by atoms with van der Waals surface area (Å²) in [6, 6.07) is 14.5. The van der Waals surface area contributed by atoms with Crippen LogP contribution in [0.2, 0.25) is 5.02 Å². The number of nitrogens with one attached hydrogen (secondary N) is 2. The zero-order valence-electron chi connectivity index (χ0n) is 13.1. The molecule has 2 aromatic rings. The predicted molar refractivity (Wildman–Crippen MR) is 99.8 cm³/mol. The summed E-state index contributed by atoms with van der Waals surface area (Å²) in [4.78, 5) is 0. The van der Waals surface area contributed by atoms with E-state index in [4.69, 9.17) is 23.8 Å². The van der Waals surface area contributed by atoms with E-state index in [1.807, 2.05) is 25.1 Å². The summed E-state index contributed by atoms with van der Waals surface area (Å²) in [6.07, 6.45) is 0.958. The summed E-state index contributed by atoms with van der Waals surface area (Å²) in [5, 5.41) is 7.91. The van der Waals surface area contributed by atoms with E-state index in [2.05, 4.69) is 48.7 Å². The quantitative estimate of drug-likeness (QED) is 0.733. The minimum Gasteiger partial charge on any atom is -0.356 e. The van der Waals surface area contributed by atoms with Gasteiger partial charge in [0.1, 0.15) is 0 Å². The summed E-state index contributed by atoms with van der Waals surface area (Å²) in [7, 11) is 0. The zero-order chi connectivity index (χ0) is 16.1. The highest BCUT2D eigenvalue weighted by molar-refractivity contribution is 7.80. The van der Waals surface area contributed by atoms with Crippen molar-refractivity contribution in [2.75, 3.05) is 5.32 Å². The third kappa shape index (κ3) is 4.46. The van der Waals surface area contributed by atoms with Crippen LogP contribution in [0.1, 0.15) is 36.1 Å². The number of rotatable bonds is 4. The second-order valence-electron chi connectivity index (χ2n) is 5.43. The minimum atomic E-state index is 0.195. The molecule has 0 bridgehead atoms. The van der Waals surface area contributed by atoms with Crippen molar-refractivity contribution in [2.45, 2.75) is 33.2 Å². The second-order valence-corrected chi connectivity index (χ2v) is 6.27. The van der Waals surface area contributed by atoms with Gasteiger partial charge in [-0.2, -0.15) is 0 Å². The van der Waals surface area contributed by atoms with Gasteiger partial charge in [0, 0.05) is 10.7 Å². The summed E-state index contributed by atoms with van der Waals surface area (Å²) >= 11 is 11.5. The maximum atomic E-state index is 6.04. The molecule has 1 atom stereocenters. The highest BCUT2D eigenvalue weighted by Crippen LogP contribution is 2.21. The largest absolute Gasteiger partial charge is 0.356 e. The van der Waals surface area contributed by atoms with Gasteiger partial charge in [-0.15, -0.1) is 0 Å². The van der Waals surface area contributed by atoms with Crippen molar-refractivity contribution >= 4 is 34.6 Å². The molecule has 2 nitrogen and oxygen atoms in total. The van der Waals surface area contributed by atoms with E-state index in [1.165, 1.54) is 11.1 Å². The van der Waals surface area contributed by atoms with Crippen LogP contribution in [0.15, 0.2) is 42.5 Å². The maximum Gasteiger partial charge on any atom is 0.171 e. The van der Waals surface area contributed by atoms with Crippen LogP contribution in [0.3, 0.4) is 0 Å². The van der Waals surface area contributed by atoms with Gasteiger partial charge in [0.2, 0.25) is 0 Å². The van der Waals surface area contributed by atoms with E-state index >= 15 is 0 Å². The van der Waals surface area contributed by atoms with E-state index in [9.17, 15) is 0 Å². The number of hydrogen-bond donors (Lipinski definition) is 2. The smallest absolute Gasteiger partial charge is 0.171 e. The molecule has 0 fully saturated rings. The monoisotopic (exact) mass is 332 g/mol. The van der Waals surface area contributed by atoms with Gasteiger partial charge in [-0.1, -0.05) is 54.4 Å². The lowest BCUT2D eigenvalue weighted by molar-refractivity contribution is 0.629. The zero-order valence-corrected chi connectivity index (χ0v) is 14.7. The average molecular weight is 333 g/mol. The summed E-state index contributed by atoms with van der Waals surface area (Å²) in [5.41, 5.74) is 4.54. The molecule has 0 aliphatic carbocycles. The van der Waals surface area contributed by atoms with Gasteiger partial charge in [0.05, 0.1) is 6.04 Å². The first-order valence-electron chi connectivity index (χ1n) is 7.40. The van der Waals surface area contributed by atoms with Crippen LogP contribution in [0.4, 0.5) is 5.69 Å². The molecule has 1 unspecified atom stereocenters. The fourth-order valence-corrected chi connectivity index (χ4v) is 2.69. The SMILES string of the molecule is CCC(NC(=S)Nc1cc(Cl)ccc1C)c1ccc(C)cc1. The fraction of sp³-hybridized carbons (Fsp3) is 0.278. The first kappa shape index (κ1) is 16.8. The van der Waals surface area contributed by atoms with Crippen molar-refractivity contribution in [3.8, 4) is 0 Å². The number of anilines is 1. The molecule has 0 saturated heterocycles. The van der Waals surface area contributed by atoms with Gasteiger partial charge in [-0.25, -0.2) is 0 Å². The number of hydrogen-bond acceptors (Lipinski definition) is 1. The number of aryl methyl sites for hydroxylation is 2. The maximum absolute atomic E-state index is 6.04. The lowest BCUT2D eigenvalue weighted by Crippen LogP contribution is -2.32. The molecular formula is C18H21ClN2S. The Morgan fingerprint density at radius 1 is 1.14 bits per heavy atom. The van der Waals surface area contributed by atoms with Gasteiger partial charge in [-0.3, -0.25) is 0 Å². The number of thiocarbonyl (C=S) groups is 1. The molecule has 0 amide bonds. The molecule has 0 radical (unpaired) electrons. The van der Waals surface area contributed by atoms with Crippen molar-refractivity contribution in [2.24, 2.45) is 0 Å². The Bertz CT molecular complexity index is 653. The summed E-state index contributed by atoms with van der Waals surface area (Å²) in [6.45, 7) is 6.26. The van der Waals surface area contributed by atoms with Crippen LogP contribution in [-0.2, 0) is 0 Å². The molecule has 0 spiro atoms. The van der Waals surface area contributed by atoms with Crippen molar-refractivity contribution in [3.05, 3.63) is 64.2 Å². The first-order valence-corrected chi connectivity index (χ1v) is 8.18. The van der Waals surface area contributed by atoms with Gasteiger partial charge in [0.15, 0.2) is 5.11 Å². The van der Waals surface area contributed by atoms with Crippen molar-refractivity contribution in [3.63, 3.8) is 0 Å². The van der Waals surface area contributed by atoms with Crippen LogP contribution in [0.5, 0.6) is 0 Å². The van der Waals surface area contributed by atoms with Crippen LogP contribution in [0, 0.1) is 13.8 Å². The predicted octanol–water partition coefficient (Wildman–Crippen LogP) is 5.39. The van der Waals surface area contributed by atoms with Gasteiger partial charge < -0.3 is 10.6 Å². The second kappa shape index (κ2) is 7.61. The van der Waals surface area contributed by atoms with E-state index < -0.39 is 0 Å². The van der Waals surface area contributed by atoms with E-state index in [0.29, 0.717) is 10.1 Å². The first-order chi connectivity index (χ1) is 10.5. The molecule has 22 heavy (non-hydrogen) atoms. The lowest BCUT2D eigenvalue weighted by atomic mass is 10.0. The van der Waals surface area contributed by atoms with Gasteiger partial charge in [0.25, 0.3) is 0 Å². The Labute approximate surface area is 142 Å². The Morgan fingerprint density at radius 3 is 2.45 bits per heavy atom. The Hall–Kier alpha value is -1.58. The molecule has 0 aliphatic rings. The van der Waals surface area contributed by atoms with Crippen LogP contribution >= 0.6 is 23.8 Å². The molecule has 116 valence electrons. The van der Waals surface area contributed by atoms with Crippen LogP contribution in [-0.4, -0.2) is 5.11 Å². The van der Waals surface area contributed by atoms with Crippen molar-refractivity contribution in [1.29, 1.82) is 0 Å². The molecule has 0 heterocycles. The fourth-order valence-electron chi connectivity index (χ4n) is 2.27. The number of halogens is 1. The molecule has 0 aliphatic heterocycles. The van der Waals surface area contributed by atoms with Crippen LogP contribution < -0.4 is 10.6 Å². The van der Waals surface area contributed by atoms with Crippen molar-refractivity contribution in [1.82, 2.24) is 5.32 Å². The van der Waals surface area contributed by atoms with Crippen molar-refractivity contribution < 1.29 is 0 Å². The highest BCUT2D eigenvalue weighted by Gasteiger charge is 2.11. The molecule has 2 rings (SSSR count). The van der Waals surface area contributed by atoms with Gasteiger partial charge >= 0.3 is 0 Å². The molecule has 2 N–H and O–H groups in total. The Kier molecular flexibility index (Phi) is 5.81. The van der Waals surface area contributed by atoms with E-state index in [1.54, 1.807) is 0 Å². The molecule has 4 heteroatoms. The average Bonchev–Trinajstić information content (AvgIpc) is 2.49.